The average molecular weight is 765 g/mol. The maximum atomic E-state index is 13.2. The van der Waals surface area contributed by atoms with E-state index in [4.69, 9.17) is 0 Å². The SMILES string of the molecule is CCc1cccc(CC)c1N(c1cccc(-n2[c-]cc(C(F)(F)F)n2)n1)c1cccc(-n2[c-]cc(C(F)(F)F)n2)n1.[Pt+2]. The molecule has 0 bridgehead atoms. The van der Waals surface area contributed by atoms with Crippen LogP contribution in [0, 0.1) is 12.4 Å². The van der Waals surface area contributed by atoms with Crippen molar-refractivity contribution in [3.63, 3.8) is 0 Å². The molecule has 0 unspecified atom stereocenters. The summed E-state index contributed by atoms with van der Waals surface area (Å²) in [6, 6.07) is 16.7. The first kappa shape index (κ1) is 31.0. The minimum atomic E-state index is -4.65. The molecule has 7 nitrogen and oxygen atoms in total. The Morgan fingerprint density at radius 2 is 1.07 bits per heavy atom. The van der Waals surface area contributed by atoms with E-state index in [1.807, 2.05) is 32.0 Å². The summed E-state index contributed by atoms with van der Waals surface area (Å²) in [5.41, 5.74) is 0.369. The third kappa shape index (κ3) is 6.25. The predicted molar refractivity (Wildman–Crippen MR) is 137 cm³/mol. The number of nitrogens with zero attached hydrogens (tertiary/aromatic N) is 7. The number of pyridine rings is 2. The van der Waals surface area contributed by atoms with Crippen molar-refractivity contribution in [1.29, 1.82) is 0 Å². The van der Waals surface area contributed by atoms with E-state index in [1.165, 1.54) is 12.1 Å². The van der Waals surface area contributed by atoms with Gasteiger partial charge in [-0.05, 0) is 36.1 Å². The first-order valence-corrected chi connectivity index (χ1v) is 12.4. The standard InChI is InChI=1S/C28H21F6N7.Pt/c1-3-18-8-5-9-19(4-2)26(18)41(24-12-6-10-22(35-24)39-16-14-20(37-39)27(29,30)31)25-13-7-11-23(36-25)40-17-15-21(38-40)28(32,33)34;/h5-15H,3-4H2,1-2H3;/q-2;+2. The Morgan fingerprint density at radius 1 is 0.667 bits per heavy atom. The fraction of sp³-hybridized carbons (Fsp3) is 0.214. The molecule has 0 saturated carbocycles. The fourth-order valence-corrected chi connectivity index (χ4v) is 4.25. The van der Waals surface area contributed by atoms with Crippen molar-refractivity contribution < 1.29 is 47.4 Å². The van der Waals surface area contributed by atoms with E-state index in [-0.39, 0.29) is 32.7 Å². The summed E-state index contributed by atoms with van der Waals surface area (Å²) in [4.78, 5) is 10.9. The van der Waals surface area contributed by atoms with Gasteiger partial charge in [-0.3, -0.25) is 25.1 Å². The molecule has 5 aromatic rings. The van der Waals surface area contributed by atoms with Gasteiger partial charge in [0, 0.05) is 0 Å². The first-order valence-electron chi connectivity index (χ1n) is 12.4. The summed E-state index contributed by atoms with van der Waals surface area (Å²) in [5, 5.41) is 7.15. The monoisotopic (exact) mass is 764 g/mol. The van der Waals surface area contributed by atoms with Gasteiger partial charge in [0.15, 0.2) is 0 Å². The van der Waals surface area contributed by atoms with Crippen LogP contribution >= 0.6 is 0 Å². The van der Waals surface area contributed by atoms with Crippen molar-refractivity contribution in [2.75, 3.05) is 4.90 Å². The molecule has 0 saturated heterocycles. The van der Waals surface area contributed by atoms with Gasteiger partial charge in [0.1, 0.15) is 11.6 Å². The molecule has 5 rings (SSSR count). The van der Waals surface area contributed by atoms with E-state index in [0.717, 1.165) is 38.3 Å². The van der Waals surface area contributed by atoms with Crippen molar-refractivity contribution in [2.45, 2.75) is 39.0 Å². The molecule has 0 N–H and O–H groups in total. The second kappa shape index (κ2) is 12.1. The van der Waals surface area contributed by atoms with Gasteiger partial charge in [0.25, 0.3) is 0 Å². The van der Waals surface area contributed by atoms with Crippen LogP contribution in [0.1, 0.15) is 36.4 Å². The number of halogens is 6. The van der Waals surface area contributed by atoms with Crippen molar-refractivity contribution >= 4 is 17.3 Å². The van der Waals surface area contributed by atoms with E-state index in [0.29, 0.717) is 24.5 Å². The zero-order valence-electron chi connectivity index (χ0n) is 22.0. The van der Waals surface area contributed by atoms with Crippen LogP contribution in [-0.4, -0.2) is 29.5 Å². The van der Waals surface area contributed by atoms with E-state index in [1.54, 1.807) is 29.2 Å². The first-order chi connectivity index (χ1) is 19.5. The van der Waals surface area contributed by atoms with E-state index < -0.39 is 23.7 Å². The van der Waals surface area contributed by atoms with Gasteiger partial charge in [0.05, 0.1) is 28.7 Å². The smallest absolute Gasteiger partial charge is 0.343 e. The second-order valence-corrected chi connectivity index (χ2v) is 8.81. The summed E-state index contributed by atoms with van der Waals surface area (Å²) in [6.45, 7) is 3.94. The van der Waals surface area contributed by atoms with Crippen LogP contribution in [0.3, 0.4) is 0 Å². The molecular formula is C28H21F6N7Pt. The van der Waals surface area contributed by atoms with Crippen molar-refractivity contribution in [3.8, 4) is 11.6 Å². The number of para-hydroxylation sites is 1. The molecule has 0 spiro atoms. The van der Waals surface area contributed by atoms with E-state index >= 15 is 0 Å². The largest absolute Gasteiger partial charge is 2.00 e. The Morgan fingerprint density at radius 3 is 1.43 bits per heavy atom. The number of anilines is 3. The Bertz CT molecular complexity index is 1560. The molecule has 0 amide bonds. The molecule has 0 aliphatic heterocycles. The number of hydrogen-bond donors (Lipinski definition) is 0. The van der Waals surface area contributed by atoms with Crippen molar-refractivity contribution in [3.05, 3.63) is 102 Å². The molecule has 0 fully saturated rings. The van der Waals surface area contributed by atoms with Gasteiger partial charge in [-0.2, -0.15) is 26.3 Å². The normalized spacial score (nSPS) is 11.8. The third-order valence-electron chi connectivity index (χ3n) is 6.16. The van der Waals surface area contributed by atoms with Gasteiger partial charge in [-0.1, -0.05) is 68.7 Å². The minimum absolute atomic E-state index is 0. The van der Waals surface area contributed by atoms with Gasteiger partial charge >= 0.3 is 33.4 Å². The number of aryl methyl sites for hydroxylation is 2. The fourth-order valence-electron chi connectivity index (χ4n) is 4.25. The van der Waals surface area contributed by atoms with Crippen LogP contribution < -0.4 is 4.90 Å². The molecule has 4 heterocycles. The quantitative estimate of drug-likeness (QED) is 0.131. The molecule has 1 aromatic carbocycles. The summed E-state index contributed by atoms with van der Waals surface area (Å²) >= 11 is 0. The molecule has 0 aliphatic carbocycles. The zero-order chi connectivity index (χ0) is 29.4. The minimum Gasteiger partial charge on any atom is -0.343 e. The van der Waals surface area contributed by atoms with Crippen molar-refractivity contribution in [1.82, 2.24) is 29.5 Å². The predicted octanol–water partition coefficient (Wildman–Crippen LogP) is 7.08. The molecule has 0 radical (unpaired) electrons. The number of benzene rings is 1. The summed E-state index contributed by atoms with van der Waals surface area (Å²) in [7, 11) is 0. The molecule has 4 aromatic heterocycles. The molecule has 42 heavy (non-hydrogen) atoms. The number of rotatable bonds is 7. The van der Waals surface area contributed by atoms with Crippen LogP contribution in [-0.2, 0) is 46.3 Å². The summed E-state index contributed by atoms with van der Waals surface area (Å²) in [5.74, 6) is 0.726. The zero-order valence-corrected chi connectivity index (χ0v) is 24.3. The molecule has 14 heteroatoms. The van der Waals surface area contributed by atoms with Crippen LogP contribution in [0.2, 0.25) is 0 Å². The second-order valence-electron chi connectivity index (χ2n) is 8.81. The number of alkyl halides is 6. The number of hydrogen-bond acceptors (Lipinski definition) is 5. The Kier molecular flexibility index (Phi) is 8.91. The molecule has 0 atom stereocenters. The van der Waals surface area contributed by atoms with Gasteiger partial charge in [-0.15, -0.1) is 12.1 Å². The molecular weight excluding hydrogens is 743 g/mol. The third-order valence-corrected chi connectivity index (χ3v) is 6.16. The Hall–Kier alpha value is -3.99. The van der Waals surface area contributed by atoms with Gasteiger partial charge in [0.2, 0.25) is 0 Å². The van der Waals surface area contributed by atoms with Crippen LogP contribution in [0.4, 0.5) is 43.7 Å². The van der Waals surface area contributed by atoms with Gasteiger partial charge in [-0.25, -0.2) is 0 Å². The average Bonchev–Trinajstić information content (AvgIpc) is 3.65. The van der Waals surface area contributed by atoms with Crippen LogP contribution in [0.15, 0.2) is 66.7 Å². The topological polar surface area (TPSA) is 64.7 Å². The maximum absolute atomic E-state index is 13.2. The Balaban J connectivity index is 0.00000405. The summed E-state index contributed by atoms with van der Waals surface area (Å²) < 4.78 is 80.8. The van der Waals surface area contributed by atoms with Gasteiger partial charge < -0.3 is 9.36 Å². The summed E-state index contributed by atoms with van der Waals surface area (Å²) in [6.07, 6.45) is -3.16. The molecule has 0 aliphatic rings. The van der Waals surface area contributed by atoms with Crippen molar-refractivity contribution in [2.24, 2.45) is 0 Å². The van der Waals surface area contributed by atoms with E-state index in [2.05, 4.69) is 32.6 Å². The van der Waals surface area contributed by atoms with Crippen LogP contribution in [0.25, 0.3) is 11.6 Å². The molecule has 220 valence electrons. The van der Waals surface area contributed by atoms with E-state index in [9.17, 15) is 26.3 Å². The Labute approximate surface area is 251 Å². The maximum Gasteiger partial charge on any atom is 2.00 e. The van der Waals surface area contributed by atoms with Crippen LogP contribution in [0.5, 0.6) is 0 Å². The number of aromatic nitrogens is 6.